The van der Waals surface area contributed by atoms with Crippen LogP contribution in [-0.4, -0.2) is 36.6 Å². The Balaban J connectivity index is 2.29. The molecular weight excluding hydrogens is 220 g/mol. The van der Waals surface area contributed by atoms with Crippen LogP contribution in [0.25, 0.3) is 0 Å². The highest BCUT2D eigenvalue weighted by molar-refractivity contribution is 4.86. The molecule has 1 saturated heterocycles. The van der Waals surface area contributed by atoms with E-state index in [-0.39, 0.29) is 0 Å². The van der Waals surface area contributed by atoms with E-state index in [1.54, 1.807) is 0 Å². The van der Waals surface area contributed by atoms with Crippen LogP contribution in [0.2, 0.25) is 0 Å². The molecule has 2 heteroatoms. The topological polar surface area (TPSA) is 15.3 Å². The van der Waals surface area contributed by atoms with Gasteiger partial charge in [0.2, 0.25) is 0 Å². The van der Waals surface area contributed by atoms with E-state index in [1.807, 2.05) is 0 Å². The van der Waals surface area contributed by atoms with Gasteiger partial charge < -0.3 is 5.32 Å². The summed E-state index contributed by atoms with van der Waals surface area (Å²) in [6.07, 6.45) is 5.43. The Morgan fingerprint density at radius 3 is 2.56 bits per heavy atom. The molecule has 2 nitrogen and oxygen atoms in total. The minimum absolute atomic E-state index is 0.705. The lowest BCUT2D eigenvalue weighted by Gasteiger charge is -2.41. The van der Waals surface area contributed by atoms with Crippen molar-refractivity contribution >= 4 is 0 Å². The monoisotopic (exact) mass is 254 g/mol. The summed E-state index contributed by atoms with van der Waals surface area (Å²) in [5.41, 5.74) is 0. The first-order chi connectivity index (χ1) is 8.54. The van der Waals surface area contributed by atoms with Crippen molar-refractivity contribution in [1.82, 2.24) is 10.2 Å². The molecule has 1 fully saturated rings. The maximum atomic E-state index is 3.72. The van der Waals surface area contributed by atoms with E-state index < -0.39 is 0 Å². The summed E-state index contributed by atoms with van der Waals surface area (Å²) in [5.74, 6) is 1.66. The summed E-state index contributed by atoms with van der Waals surface area (Å²) >= 11 is 0. The second-order valence-corrected chi connectivity index (χ2v) is 6.63. The smallest absolute Gasteiger partial charge is 0.0221 e. The molecule has 1 rings (SSSR count). The van der Waals surface area contributed by atoms with Gasteiger partial charge in [0.05, 0.1) is 0 Å². The van der Waals surface area contributed by atoms with Crippen LogP contribution in [0.3, 0.4) is 0 Å². The summed E-state index contributed by atoms with van der Waals surface area (Å²) in [6, 6.07) is 1.42. The summed E-state index contributed by atoms with van der Waals surface area (Å²) in [7, 11) is 0. The lowest BCUT2D eigenvalue weighted by Crippen LogP contribution is -2.57. The molecule has 18 heavy (non-hydrogen) atoms. The molecular formula is C16H34N2. The molecule has 0 spiro atoms. The molecule has 1 aliphatic rings. The quantitative estimate of drug-likeness (QED) is 0.699. The number of nitrogens with one attached hydrogen (secondary N) is 1. The van der Waals surface area contributed by atoms with E-state index in [4.69, 9.17) is 0 Å². The van der Waals surface area contributed by atoms with E-state index in [1.165, 1.54) is 45.3 Å². The molecule has 0 aromatic carbocycles. The molecule has 0 radical (unpaired) electrons. The third-order valence-corrected chi connectivity index (χ3v) is 4.54. The number of unbranched alkanes of at least 4 members (excludes halogenated alkanes) is 1. The summed E-state index contributed by atoms with van der Waals surface area (Å²) < 4.78 is 0. The largest absolute Gasteiger partial charge is 0.311 e. The number of hydrogen-bond donors (Lipinski definition) is 1. The molecule has 0 bridgehead atoms. The first kappa shape index (κ1) is 16.0. The van der Waals surface area contributed by atoms with Gasteiger partial charge >= 0.3 is 0 Å². The zero-order valence-electron chi connectivity index (χ0n) is 13.2. The molecule has 1 aliphatic heterocycles. The Labute approximate surface area is 115 Å². The maximum absolute atomic E-state index is 3.72. The Bertz CT molecular complexity index is 215. The zero-order chi connectivity index (χ0) is 13.5. The maximum Gasteiger partial charge on any atom is 0.0221 e. The molecule has 0 aromatic rings. The van der Waals surface area contributed by atoms with E-state index in [0.29, 0.717) is 12.1 Å². The normalized spacial score (nSPS) is 27.7. The van der Waals surface area contributed by atoms with Crippen molar-refractivity contribution in [2.24, 2.45) is 11.8 Å². The van der Waals surface area contributed by atoms with Crippen molar-refractivity contribution in [1.29, 1.82) is 0 Å². The van der Waals surface area contributed by atoms with Gasteiger partial charge in [0.25, 0.3) is 0 Å². The first-order valence-corrected chi connectivity index (χ1v) is 8.02. The van der Waals surface area contributed by atoms with Crippen LogP contribution in [0.5, 0.6) is 0 Å². The van der Waals surface area contributed by atoms with Gasteiger partial charge in [-0.1, -0.05) is 47.0 Å². The summed E-state index contributed by atoms with van der Waals surface area (Å²) in [5, 5.41) is 3.72. The van der Waals surface area contributed by atoms with Crippen molar-refractivity contribution in [3.8, 4) is 0 Å². The predicted molar refractivity (Wildman–Crippen MR) is 81.0 cm³/mol. The first-order valence-electron chi connectivity index (χ1n) is 8.02. The van der Waals surface area contributed by atoms with Crippen LogP contribution < -0.4 is 5.32 Å². The zero-order valence-corrected chi connectivity index (χ0v) is 13.2. The molecule has 0 saturated carbocycles. The molecule has 3 unspecified atom stereocenters. The minimum atomic E-state index is 0.705. The molecule has 3 atom stereocenters. The highest BCUT2D eigenvalue weighted by Gasteiger charge is 2.26. The molecule has 1 N–H and O–H groups in total. The second-order valence-electron chi connectivity index (χ2n) is 6.63. The fourth-order valence-electron chi connectivity index (χ4n) is 2.79. The molecule has 108 valence electrons. The van der Waals surface area contributed by atoms with Crippen molar-refractivity contribution in [3.05, 3.63) is 0 Å². The van der Waals surface area contributed by atoms with Crippen LogP contribution >= 0.6 is 0 Å². The number of rotatable bonds is 7. The van der Waals surface area contributed by atoms with Gasteiger partial charge in [-0.2, -0.15) is 0 Å². The fraction of sp³-hybridized carbons (Fsp3) is 1.00. The van der Waals surface area contributed by atoms with Crippen molar-refractivity contribution in [2.75, 3.05) is 19.6 Å². The van der Waals surface area contributed by atoms with E-state index in [2.05, 4.69) is 44.8 Å². The van der Waals surface area contributed by atoms with Crippen LogP contribution in [0.4, 0.5) is 0 Å². The van der Waals surface area contributed by atoms with Gasteiger partial charge in [0, 0.05) is 25.2 Å². The number of piperazine rings is 1. The number of nitrogens with zero attached hydrogens (tertiary/aromatic N) is 1. The van der Waals surface area contributed by atoms with Gasteiger partial charge in [-0.25, -0.2) is 0 Å². The molecule has 1 heterocycles. The third-order valence-electron chi connectivity index (χ3n) is 4.54. The molecule has 0 aliphatic carbocycles. The Hall–Kier alpha value is -0.0800. The Morgan fingerprint density at radius 1 is 1.22 bits per heavy atom. The van der Waals surface area contributed by atoms with E-state index in [0.717, 1.165) is 11.8 Å². The van der Waals surface area contributed by atoms with Crippen LogP contribution in [0, 0.1) is 11.8 Å². The molecule has 0 amide bonds. The number of hydrogen-bond acceptors (Lipinski definition) is 2. The van der Waals surface area contributed by atoms with Gasteiger partial charge in [-0.05, 0) is 31.7 Å². The Morgan fingerprint density at radius 2 is 1.94 bits per heavy atom. The van der Waals surface area contributed by atoms with Gasteiger partial charge in [-0.15, -0.1) is 0 Å². The van der Waals surface area contributed by atoms with Gasteiger partial charge in [-0.3, -0.25) is 4.90 Å². The molecule has 0 aromatic heterocycles. The standard InChI is InChI=1S/C16H34N2/c1-6-14(4)16-12-18(15(5)11-17-16)10-8-7-9-13(2)3/h13-17H,6-12H2,1-5H3. The van der Waals surface area contributed by atoms with E-state index >= 15 is 0 Å². The average molecular weight is 254 g/mol. The lowest BCUT2D eigenvalue weighted by atomic mass is 9.95. The van der Waals surface area contributed by atoms with Crippen LogP contribution in [0.15, 0.2) is 0 Å². The van der Waals surface area contributed by atoms with Gasteiger partial charge in [0.15, 0.2) is 0 Å². The SMILES string of the molecule is CCC(C)C1CN(CCCCC(C)C)C(C)CN1. The highest BCUT2D eigenvalue weighted by atomic mass is 15.2. The van der Waals surface area contributed by atoms with Crippen LogP contribution in [0.1, 0.15) is 60.3 Å². The van der Waals surface area contributed by atoms with Crippen molar-refractivity contribution in [3.63, 3.8) is 0 Å². The third kappa shape index (κ3) is 5.27. The van der Waals surface area contributed by atoms with Crippen LogP contribution in [-0.2, 0) is 0 Å². The fourth-order valence-corrected chi connectivity index (χ4v) is 2.79. The van der Waals surface area contributed by atoms with Gasteiger partial charge in [0.1, 0.15) is 0 Å². The van der Waals surface area contributed by atoms with Crippen molar-refractivity contribution in [2.45, 2.75) is 72.4 Å². The lowest BCUT2D eigenvalue weighted by molar-refractivity contribution is 0.116. The summed E-state index contributed by atoms with van der Waals surface area (Å²) in [4.78, 5) is 2.70. The summed E-state index contributed by atoms with van der Waals surface area (Å²) in [6.45, 7) is 15.4. The average Bonchev–Trinajstić information content (AvgIpc) is 2.35. The minimum Gasteiger partial charge on any atom is -0.311 e. The van der Waals surface area contributed by atoms with Crippen molar-refractivity contribution < 1.29 is 0 Å². The Kier molecular flexibility index (Phi) is 7.25. The predicted octanol–water partition coefficient (Wildman–Crippen LogP) is 3.52. The van der Waals surface area contributed by atoms with E-state index in [9.17, 15) is 0 Å². The second kappa shape index (κ2) is 8.16. The highest BCUT2D eigenvalue weighted by Crippen LogP contribution is 2.16.